The quantitative estimate of drug-likeness (QED) is 0.799. The van der Waals surface area contributed by atoms with Crippen LogP contribution in [0.15, 0.2) is 21.6 Å². The van der Waals surface area contributed by atoms with Gasteiger partial charge in [0.15, 0.2) is 0 Å². The Bertz CT molecular complexity index is 700. The van der Waals surface area contributed by atoms with Crippen LogP contribution in [-0.2, 0) is 14.6 Å². The van der Waals surface area contributed by atoms with Crippen molar-refractivity contribution in [2.24, 2.45) is 23.2 Å². The fourth-order valence-corrected chi connectivity index (χ4v) is 4.64. The summed E-state index contributed by atoms with van der Waals surface area (Å²) in [6.45, 7) is 6.69. The summed E-state index contributed by atoms with van der Waals surface area (Å²) in [4.78, 5) is 12.2. The lowest BCUT2D eigenvalue weighted by Gasteiger charge is -2.61. The number of hydrogen-bond acceptors (Lipinski definition) is 5. The topological polar surface area (TPSA) is 73.6 Å². The molecule has 0 radical (unpaired) electrons. The lowest BCUT2D eigenvalue weighted by molar-refractivity contribution is -0.157. The van der Waals surface area contributed by atoms with Crippen molar-refractivity contribution in [3.05, 3.63) is 17.9 Å². The first-order valence-electron chi connectivity index (χ1n) is 7.61. The minimum atomic E-state index is -3.45. The number of esters is 1. The van der Waals surface area contributed by atoms with Crippen molar-refractivity contribution in [1.82, 2.24) is 0 Å². The third-order valence-corrected chi connectivity index (χ3v) is 6.64. The van der Waals surface area contributed by atoms with E-state index >= 15 is 0 Å². The molecule has 3 saturated carbocycles. The minimum Gasteiger partial charge on any atom is -0.456 e. The van der Waals surface area contributed by atoms with Crippen LogP contribution >= 0.6 is 0 Å². The summed E-state index contributed by atoms with van der Waals surface area (Å²) >= 11 is 0. The average molecular weight is 326 g/mol. The van der Waals surface area contributed by atoms with E-state index < -0.39 is 15.8 Å². The van der Waals surface area contributed by atoms with Crippen LogP contribution in [0.2, 0.25) is 0 Å². The predicted molar refractivity (Wildman–Crippen MR) is 80.2 cm³/mol. The van der Waals surface area contributed by atoms with Gasteiger partial charge in [-0.25, -0.2) is 13.2 Å². The van der Waals surface area contributed by atoms with Crippen molar-refractivity contribution >= 4 is 15.8 Å². The second-order valence-electron chi connectivity index (χ2n) is 7.29. The predicted octanol–water partition coefficient (Wildman–Crippen LogP) is 2.91. The molecule has 3 aliphatic rings. The second-order valence-corrected chi connectivity index (χ2v) is 9.24. The van der Waals surface area contributed by atoms with Crippen LogP contribution in [-0.4, -0.2) is 26.7 Å². The normalized spacial score (nSPS) is 33.1. The van der Waals surface area contributed by atoms with Gasteiger partial charge in [0.25, 0.3) is 0 Å². The van der Waals surface area contributed by atoms with Gasteiger partial charge in [-0.15, -0.1) is 0 Å². The van der Waals surface area contributed by atoms with Gasteiger partial charge in [-0.2, -0.15) is 0 Å². The Kier molecular flexibility index (Phi) is 3.43. The van der Waals surface area contributed by atoms with Crippen molar-refractivity contribution in [2.75, 3.05) is 6.26 Å². The molecule has 0 spiro atoms. The standard InChI is InChI=1S/C16H22O5S/c1-9-11-7-10(16(11,2)3)8-13(9)21-15(17)12-5-6-14(20-12)22(4,18)19/h5-6,9-11,13H,7-8H2,1-4H3/t9-,10-,11-,13-/m1/s1. The van der Waals surface area contributed by atoms with Crippen molar-refractivity contribution in [3.8, 4) is 0 Å². The first-order chi connectivity index (χ1) is 10.1. The molecule has 1 heterocycles. The van der Waals surface area contributed by atoms with Gasteiger partial charge in [-0.3, -0.25) is 0 Å². The highest BCUT2D eigenvalue weighted by atomic mass is 32.2. The van der Waals surface area contributed by atoms with Crippen molar-refractivity contribution in [2.45, 2.75) is 44.8 Å². The molecular weight excluding hydrogens is 304 g/mol. The van der Waals surface area contributed by atoms with E-state index in [9.17, 15) is 13.2 Å². The summed E-state index contributed by atoms with van der Waals surface area (Å²) in [6, 6.07) is 2.65. The van der Waals surface area contributed by atoms with Crippen LogP contribution in [0.4, 0.5) is 0 Å². The smallest absolute Gasteiger partial charge is 0.374 e. The maximum atomic E-state index is 12.2. The van der Waals surface area contributed by atoms with E-state index in [4.69, 9.17) is 9.15 Å². The van der Waals surface area contributed by atoms with Crippen molar-refractivity contribution < 1.29 is 22.4 Å². The van der Waals surface area contributed by atoms with Crippen LogP contribution in [0, 0.1) is 23.2 Å². The number of sulfone groups is 1. The lowest BCUT2D eigenvalue weighted by atomic mass is 9.45. The Labute approximate surface area is 130 Å². The van der Waals surface area contributed by atoms with E-state index in [-0.39, 0.29) is 17.0 Å². The number of furan rings is 1. The molecule has 0 amide bonds. The number of hydrogen-bond donors (Lipinski definition) is 0. The van der Waals surface area contributed by atoms with Crippen LogP contribution in [0.1, 0.15) is 44.2 Å². The molecule has 0 unspecified atom stereocenters. The highest BCUT2D eigenvalue weighted by Gasteiger charge is 2.57. The maximum Gasteiger partial charge on any atom is 0.374 e. The Hall–Kier alpha value is -1.30. The number of carbonyl (C=O) groups is 1. The summed E-state index contributed by atoms with van der Waals surface area (Å²) in [6.07, 6.45) is 3.01. The van der Waals surface area contributed by atoms with Gasteiger partial charge in [-0.05, 0) is 48.1 Å². The van der Waals surface area contributed by atoms with Crippen LogP contribution in [0.3, 0.4) is 0 Å². The van der Waals surface area contributed by atoms with E-state index in [1.165, 1.54) is 18.6 Å². The van der Waals surface area contributed by atoms with Gasteiger partial charge in [0, 0.05) is 6.26 Å². The Morgan fingerprint density at radius 1 is 1.32 bits per heavy atom. The van der Waals surface area contributed by atoms with Gasteiger partial charge in [0.1, 0.15) is 6.10 Å². The second kappa shape index (κ2) is 4.85. The molecule has 22 heavy (non-hydrogen) atoms. The fourth-order valence-electron chi connectivity index (χ4n) is 4.08. The van der Waals surface area contributed by atoms with Crippen LogP contribution < -0.4 is 0 Å². The van der Waals surface area contributed by atoms with Gasteiger partial charge >= 0.3 is 5.97 Å². The average Bonchev–Trinajstić information content (AvgIpc) is 2.90. The highest BCUT2D eigenvalue weighted by Crippen LogP contribution is 2.61. The molecule has 3 fully saturated rings. The molecule has 1 aromatic rings. The zero-order valence-electron chi connectivity index (χ0n) is 13.3. The zero-order valence-corrected chi connectivity index (χ0v) is 14.1. The molecular formula is C16H22O5S. The summed E-state index contributed by atoms with van der Waals surface area (Å²) in [5.41, 5.74) is 0.330. The van der Waals surface area contributed by atoms with Gasteiger partial charge < -0.3 is 9.15 Å². The SMILES string of the molecule is C[C@@H]1[C@H]2C[C@H](C[C@H]1OC(=O)c1ccc(S(C)(=O)=O)o1)C2(C)C. The zero-order chi connectivity index (χ0) is 16.3. The minimum absolute atomic E-state index is 0.0499. The largest absolute Gasteiger partial charge is 0.456 e. The fraction of sp³-hybridized carbons (Fsp3) is 0.688. The molecule has 0 aromatic carbocycles. The number of rotatable bonds is 3. The number of ether oxygens (including phenoxy) is 1. The van der Waals surface area contributed by atoms with E-state index in [1.807, 2.05) is 0 Å². The molecule has 2 bridgehead atoms. The van der Waals surface area contributed by atoms with Crippen molar-refractivity contribution in [3.63, 3.8) is 0 Å². The van der Waals surface area contributed by atoms with E-state index in [1.54, 1.807) is 0 Å². The molecule has 0 aliphatic heterocycles. The van der Waals surface area contributed by atoms with E-state index in [0.717, 1.165) is 12.7 Å². The number of fused-ring (bicyclic) bond motifs is 2. The molecule has 1 aromatic heterocycles. The summed E-state index contributed by atoms with van der Waals surface area (Å²) < 4.78 is 33.5. The van der Waals surface area contributed by atoms with Gasteiger partial charge in [0.05, 0.1) is 0 Å². The first kappa shape index (κ1) is 15.6. The lowest BCUT2D eigenvalue weighted by Crippen LogP contribution is -2.57. The monoisotopic (exact) mass is 326 g/mol. The molecule has 3 aliphatic carbocycles. The van der Waals surface area contributed by atoms with Gasteiger partial charge in [-0.1, -0.05) is 20.8 Å². The highest BCUT2D eigenvalue weighted by molar-refractivity contribution is 7.90. The van der Waals surface area contributed by atoms with E-state index in [2.05, 4.69) is 20.8 Å². The molecule has 0 N–H and O–H groups in total. The third kappa shape index (κ3) is 2.37. The summed E-state index contributed by atoms with van der Waals surface area (Å²) in [5, 5.41) is -0.208. The Morgan fingerprint density at radius 3 is 2.50 bits per heavy atom. The van der Waals surface area contributed by atoms with Crippen LogP contribution in [0.25, 0.3) is 0 Å². The summed E-state index contributed by atoms with van der Waals surface area (Å²) in [7, 11) is -3.45. The molecule has 4 rings (SSSR count). The Balaban J connectivity index is 1.69. The number of carbonyl (C=O) groups excluding carboxylic acids is 1. The summed E-state index contributed by atoms with van der Waals surface area (Å²) in [5.74, 6) is 0.854. The first-order valence-corrected chi connectivity index (χ1v) is 9.50. The van der Waals surface area contributed by atoms with Gasteiger partial charge in [0.2, 0.25) is 20.7 Å². The van der Waals surface area contributed by atoms with Crippen LogP contribution in [0.5, 0.6) is 0 Å². The maximum absolute atomic E-state index is 12.2. The third-order valence-electron chi connectivity index (χ3n) is 5.69. The molecule has 122 valence electrons. The molecule has 6 heteroatoms. The van der Waals surface area contributed by atoms with Crippen molar-refractivity contribution in [1.29, 1.82) is 0 Å². The Morgan fingerprint density at radius 2 is 2.00 bits per heavy atom. The molecule has 0 saturated heterocycles. The molecule has 4 atom stereocenters. The van der Waals surface area contributed by atoms with E-state index in [0.29, 0.717) is 23.2 Å². The molecule has 5 nitrogen and oxygen atoms in total.